The van der Waals surface area contributed by atoms with Crippen LogP contribution in [0.1, 0.15) is 24.8 Å². The van der Waals surface area contributed by atoms with E-state index in [1.54, 1.807) is 20.3 Å². The van der Waals surface area contributed by atoms with E-state index >= 15 is 0 Å². The zero-order valence-electron chi connectivity index (χ0n) is 12.1. The Morgan fingerprint density at radius 2 is 1.95 bits per heavy atom. The van der Waals surface area contributed by atoms with Crippen LogP contribution in [0.4, 0.5) is 0 Å². The van der Waals surface area contributed by atoms with Gasteiger partial charge in [-0.2, -0.15) is 0 Å². The Kier molecular flexibility index (Phi) is 6.87. The Balaban J connectivity index is 2.75. The number of unbranched alkanes of at least 4 members (excludes halogenated alkanes) is 1. The lowest BCUT2D eigenvalue weighted by molar-refractivity contribution is -0.142. The number of aliphatic carboxylic acids is 1. The van der Waals surface area contributed by atoms with Crippen LogP contribution in [0.25, 0.3) is 0 Å². The van der Waals surface area contributed by atoms with Gasteiger partial charge in [0, 0.05) is 0 Å². The number of nitrogens with two attached hydrogens (primary N) is 1. The van der Waals surface area contributed by atoms with Gasteiger partial charge in [0.1, 0.15) is 0 Å². The van der Waals surface area contributed by atoms with Crippen molar-refractivity contribution in [2.24, 2.45) is 11.7 Å². The van der Waals surface area contributed by atoms with E-state index in [2.05, 4.69) is 0 Å². The fourth-order valence-corrected chi connectivity index (χ4v) is 2.14. The number of benzene rings is 1. The average Bonchev–Trinajstić information content (AvgIpc) is 2.46. The van der Waals surface area contributed by atoms with Crippen molar-refractivity contribution < 1.29 is 19.4 Å². The number of hydrogen-bond donors (Lipinski definition) is 2. The van der Waals surface area contributed by atoms with E-state index in [9.17, 15) is 9.90 Å². The van der Waals surface area contributed by atoms with Gasteiger partial charge in [-0.15, -0.1) is 0 Å². The number of ether oxygens (including phenoxy) is 2. The Morgan fingerprint density at radius 1 is 1.25 bits per heavy atom. The smallest absolute Gasteiger partial charge is 0.306 e. The molecular weight excluding hydrogens is 258 g/mol. The van der Waals surface area contributed by atoms with Crippen LogP contribution in [0.3, 0.4) is 0 Å². The van der Waals surface area contributed by atoms with Gasteiger partial charge >= 0.3 is 5.97 Å². The summed E-state index contributed by atoms with van der Waals surface area (Å²) in [5.41, 5.74) is 6.37. The fourth-order valence-electron chi connectivity index (χ4n) is 2.14. The molecule has 0 radical (unpaired) electrons. The monoisotopic (exact) mass is 281 g/mol. The molecule has 0 aliphatic carbocycles. The maximum Gasteiger partial charge on any atom is 0.306 e. The van der Waals surface area contributed by atoms with Crippen LogP contribution in [0.15, 0.2) is 18.2 Å². The van der Waals surface area contributed by atoms with Crippen molar-refractivity contribution in [1.82, 2.24) is 0 Å². The molecule has 0 aliphatic heterocycles. The van der Waals surface area contributed by atoms with E-state index in [0.717, 1.165) is 18.4 Å². The minimum absolute atomic E-state index is 0.389. The van der Waals surface area contributed by atoms with Crippen molar-refractivity contribution in [2.75, 3.05) is 20.8 Å². The van der Waals surface area contributed by atoms with E-state index in [1.807, 2.05) is 12.1 Å². The Bertz CT molecular complexity index is 434. The van der Waals surface area contributed by atoms with Crippen molar-refractivity contribution >= 4 is 5.97 Å². The van der Waals surface area contributed by atoms with Gasteiger partial charge in [-0.3, -0.25) is 4.79 Å². The Morgan fingerprint density at radius 3 is 2.50 bits per heavy atom. The predicted molar refractivity (Wildman–Crippen MR) is 77.3 cm³/mol. The SMILES string of the molecule is COc1ccc(CC(CCCCN)C(=O)O)cc1OC. The molecule has 0 saturated carbocycles. The lowest BCUT2D eigenvalue weighted by Crippen LogP contribution is -2.17. The molecule has 1 aromatic rings. The second-order valence-corrected chi connectivity index (χ2v) is 4.71. The van der Waals surface area contributed by atoms with E-state index in [-0.39, 0.29) is 5.92 Å². The molecule has 0 bridgehead atoms. The molecular formula is C15H23NO4. The molecule has 0 amide bonds. The molecule has 0 heterocycles. The molecule has 20 heavy (non-hydrogen) atoms. The lowest BCUT2D eigenvalue weighted by Gasteiger charge is -2.14. The van der Waals surface area contributed by atoms with Gasteiger partial charge < -0.3 is 20.3 Å². The highest BCUT2D eigenvalue weighted by atomic mass is 16.5. The van der Waals surface area contributed by atoms with Crippen LogP contribution in [0, 0.1) is 5.92 Å². The van der Waals surface area contributed by atoms with Crippen LogP contribution in [0.2, 0.25) is 0 Å². The molecule has 112 valence electrons. The second kappa shape index (κ2) is 8.43. The lowest BCUT2D eigenvalue weighted by atomic mass is 9.94. The third-order valence-electron chi connectivity index (χ3n) is 3.29. The molecule has 1 atom stereocenters. The van der Waals surface area contributed by atoms with Crippen LogP contribution < -0.4 is 15.2 Å². The number of carboxylic acid groups (broad SMARTS) is 1. The molecule has 1 rings (SSSR count). The van der Waals surface area contributed by atoms with Crippen molar-refractivity contribution in [1.29, 1.82) is 0 Å². The molecule has 1 unspecified atom stereocenters. The van der Waals surface area contributed by atoms with Gasteiger partial charge in [0.05, 0.1) is 20.1 Å². The molecule has 0 aromatic heterocycles. The van der Waals surface area contributed by atoms with Crippen molar-refractivity contribution in [3.8, 4) is 11.5 Å². The second-order valence-electron chi connectivity index (χ2n) is 4.71. The normalized spacial score (nSPS) is 11.9. The summed E-state index contributed by atoms with van der Waals surface area (Å²) < 4.78 is 10.4. The molecule has 0 saturated heterocycles. The molecule has 1 aromatic carbocycles. The van der Waals surface area contributed by atoms with E-state index in [1.165, 1.54) is 0 Å². The van der Waals surface area contributed by atoms with Gasteiger partial charge in [0.25, 0.3) is 0 Å². The quantitative estimate of drug-likeness (QED) is 0.677. The van der Waals surface area contributed by atoms with Crippen molar-refractivity contribution in [3.63, 3.8) is 0 Å². The van der Waals surface area contributed by atoms with Gasteiger partial charge in [-0.25, -0.2) is 0 Å². The van der Waals surface area contributed by atoms with Gasteiger partial charge in [-0.1, -0.05) is 12.5 Å². The summed E-state index contributed by atoms with van der Waals surface area (Å²) in [6.45, 7) is 0.600. The predicted octanol–water partition coefficient (Wildman–Crippen LogP) is 2.08. The van der Waals surface area contributed by atoms with Crippen molar-refractivity contribution in [3.05, 3.63) is 23.8 Å². The first-order chi connectivity index (χ1) is 9.62. The average molecular weight is 281 g/mol. The number of methoxy groups -OCH3 is 2. The molecule has 0 aliphatic rings. The number of carbonyl (C=O) groups is 1. The first-order valence-corrected chi connectivity index (χ1v) is 6.76. The Labute approximate surface area is 119 Å². The third-order valence-corrected chi connectivity index (χ3v) is 3.29. The number of hydrogen-bond acceptors (Lipinski definition) is 4. The topological polar surface area (TPSA) is 81.8 Å². The van der Waals surface area contributed by atoms with Gasteiger partial charge in [-0.05, 0) is 43.5 Å². The molecule has 0 fully saturated rings. The third kappa shape index (κ3) is 4.74. The van der Waals surface area contributed by atoms with E-state index in [0.29, 0.717) is 30.9 Å². The zero-order chi connectivity index (χ0) is 15.0. The fraction of sp³-hybridized carbons (Fsp3) is 0.533. The minimum Gasteiger partial charge on any atom is -0.493 e. The van der Waals surface area contributed by atoms with E-state index < -0.39 is 5.97 Å². The highest BCUT2D eigenvalue weighted by molar-refractivity contribution is 5.70. The highest BCUT2D eigenvalue weighted by Gasteiger charge is 2.18. The summed E-state index contributed by atoms with van der Waals surface area (Å²) >= 11 is 0. The molecule has 3 N–H and O–H groups in total. The van der Waals surface area contributed by atoms with Crippen LogP contribution in [-0.2, 0) is 11.2 Å². The molecule has 5 heteroatoms. The standard InChI is InChI=1S/C15H23NO4/c1-19-13-7-6-11(10-14(13)20-2)9-12(15(17)18)5-3-4-8-16/h6-7,10,12H,3-5,8-9,16H2,1-2H3,(H,17,18). The van der Waals surface area contributed by atoms with Crippen LogP contribution in [0.5, 0.6) is 11.5 Å². The van der Waals surface area contributed by atoms with Crippen molar-refractivity contribution in [2.45, 2.75) is 25.7 Å². The first-order valence-electron chi connectivity index (χ1n) is 6.76. The van der Waals surface area contributed by atoms with Crippen LogP contribution >= 0.6 is 0 Å². The highest BCUT2D eigenvalue weighted by Crippen LogP contribution is 2.29. The maximum absolute atomic E-state index is 11.3. The van der Waals surface area contributed by atoms with Gasteiger partial charge in [0.2, 0.25) is 0 Å². The largest absolute Gasteiger partial charge is 0.493 e. The van der Waals surface area contributed by atoms with E-state index in [4.69, 9.17) is 15.2 Å². The maximum atomic E-state index is 11.3. The number of rotatable bonds is 9. The Hall–Kier alpha value is -1.75. The first kappa shape index (κ1) is 16.3. The summed E-state index contributed by atoms with van der Waals surface area (Å²) in [7, 11) is 3.14. The van der Waals surface area contributed by atoms with Gasteiger partial charge in [0.15, 0.2) is 11.5 Å². The minimum atomic E-state index is -0.767. The summed E-state index contributed by atoms with van der Waals surface area (Å²) in [4.78, 5) is 11.3. The summed E-state index contributed by atoms with van der Waals surface area (Å²) in [5.74, 6) is 0.110. The summed E-state index contributed by atoms with van der Waals surface area (Å²) in [6, 6.07) is 5.50. The zero-order valence-corrected chi connectivity index (χ0v) is 12.1. The summed E-state index contributed by atoms with van der Waals surface area (Å²) in [5, 5.41) is 9.27. The molecule has 0 spiro atoms. The number of carboxylic acids is 1. The summed E-state index contributed by atoms with van der Waals surface area (Å²) in [6.07, 6.45) is 2.82. The molecule has 5 nitrogen and oxygen atoms in total. The van der Waals surface area contributed by atoms with Crippen LogP contribution in [-0.4, -0.2) is 31.8 Å².